The molecule has 3 N–H and O–H groups in total. The highest BCUT2D eigenvalue weighted by Crippen LogP contribution is 2.28. The number of ether oxygens (including phenoxy) is 1. The highest BCUT2D eigenvalue weighted by Gasteiger charge is 2.20. The van der Waals surface area contributed by atoms with Gasteiger partial charge in [0, 0.05) is 26.0 Å². The minimum absolute atomic E-state index is 0.0553. The van der Waals surface area contributed by atoms with E-state index >= 15 is 0 Å². The van der Waals surface area contributed by atoms with Crippen molar-refractivity contribution in [3.05, 3.63) is 12.3 Å². The van der Waals surface area contributed by atoms with E-state index in [0.717, 1.165) is 18.9 Å². The maximum absolute atomic E-state index is 11.5. The van der Waals surface area contributed by atoms with Gasteiger partial charge in [-0.3, -0.25) is 9.48 Å². The monoisotopic (exact) mass is 252 g/mol. The number of nitrogens with two attached hydrogens (primary N) is 1. The van der Waals surface area contributed by atoms with Crippen LogP contribution in [0.25, 0.3) is 0 Å². The molecule has 6 heteroatoms. The number of nitrogens with one attached hydrogen (secondary N) is 1. The topological polar surface area (TPSA) is 82.2 Å². The molecule has 1 fully saturated rings. The van der Waals surface area contributed by atoms with E-state index in [1.807, 2.05) is 0 Å². The minimum atomic E-state index is -0.0553. The van der Waals surface area contributed by atoms with Crippen LogP contribution in [0.4, 0.5) is 5.82 Å². The van der Waals surface area contributed by atoms with Crippen molar-refractivity contribution in [1.29, 1.82) is 0 Å². The summed E-state index contributed by atoms with van der Waals surface area (Å²) in [5.74, 6) is 1.17. The molecule has 0 aromatic carbocycles. The lowest BCUT2D eigenvalue weighted by molar-refractivity contribution is -0.121. The molecule has 1 heterocycles. The number of anilines is 1. The van der Waals surface area contributed by atoms with Gasteiger partial charge in [-0.2, -0.15) is 5.10 Å². The van der Waals surface area contributed by atoms with E-state index in [1.54, 1.807) is 12.3 Å². The zero-order valence-corrected chi connectivity index (χ0v) is 10.5. The Bertz CT molecular complexity index is 387. The Morgan fingerprint density at radius 2 is 2.44 bits per heavy atom. The molecule has 1 aromatic rings. The number of amides is 1. The first-order chi connectivity index (χ1) is 8.74. The summed E-state index contributed by atoms with van der Waals surface area (Å²) < 4.78 is 7.00. The average Bonchev–Trinajstić information content (AvgIpc) is 3.07. The van der Waals surface area contributed by atoms with Crippen molar-refractivity contribution in [3.8, 4) is 0 Å². The number of nitrogen functional groups attached to an aromatic ring is 1. The van der Waals surface area contributed by atoms with Gasteiger partial charge in [-0.25, -0.2) is 0 Å². The fourth-order valence-corrected chi connectivity index (χ4v) is 1.61. The fraction of sp³-hybridized carbons (Fsp3) is 0.667. The van der Waals surface area contributed by atoms with Gasteiger partial charge in [0.15, 0.2) is 0 Å². The largest absolute Gasteiger partial charge is 0.382 e. The molecule has 1 saturated carbocycles. The highest BCUT2D eigenvalue weighted by atomic mass is 16.5. The normalized spacial score (nSPS) is 14.7. The van der Waals surface area contributed by atoms with Crippen LogP contribution in [0, 0.1) is 5.92 Å². The van der Waals surface area contributed by atoms with Crippen molar-refractivity contribution in [3.63, 3.8) is 0 Å². The first-order valence-electron chi connectivity index (χ1n) is 6.37. The van der Waals surface area contributed by atoms with Gasteiger partial charge in [0.05, 0.1) is 0 Å². The summed E-state index contributed by atoms with van der Waals surface area (Å²) in [6.45, 7) is 2.44. The standard InChI is InChI=1S/C12H20N4O2/c13-11-4-6-16(15-11)8-12(17)14-5-1-7-18-9-10-2-3-10/h4,6,10H,1-3,5,7-9H2,(H2,13,15)(H,14,17). The molecule has 0 aliphatic heterocycles. The second kappa shape index (κ2) is 6.39. The van der Waals surface area contributed by atoms with Crippen LogP contribution in [0.5, 0.6) is 0 Å². The van der Waals surface area contributed by atoms with Crippen molar-refractivity contribution in [2.24, 2.45) is 5.92 Å². The maximum atomic E-state index is 11.5. The third-order valence-electron chi connectivity index (χ3n) is 2.80. The number of hydrogen-bond acceptors (Lipinski definition) is 4. The molecule has 6 nitrogen and oxygen atoms in total. The van der Waals surface area contributed by atoms with E-state index in [1.165, 1.54) is 17.5 Å². The predicted octanol–water partition coefficient (Wildman–Crippen LogP) is 0.398. The van der Waals surface area contributed by atoms with Crippen molar-refractivity contribution >= 4 is 11.7 Å². The molecule has 0 unspecified atom stereocenters. The van der Waals surface area contributed by atoms with Crippen LogP contribution in [0.3, 0.4) is 0 Å². The van der Waals surface area contributed by atoms with Crippen LogP contribution in [-0.2, 0) is 16.1 Å². The lowest BCUT2D eigenvalue weighted by atomic mass is 10.4. The Morgan fingerprint density at radius 1 is 1.61 bits per heavy atom. The zero-order valence-electron chi connectivity index (χ0n) is 10.5. The summed E-state index contributed by atoms with van der Waals surface area (Å²) in [5, 5.41) is 6.77. The number of aromatic nitrogens is 2. The summed E-state index contributed by atoms with van der Waals surface area (Å²) in [5.41, 5.74) is 5.46. The van der Waals surface area contributed by atoms with Gasteiger partial charge >= 0.3 is 0 Å². The molecule has 1 aliphatic rings. The molecule has 2 rings (SSSR count). The highest BCUT2D eigenvalue weighted by molar-refractivity contribution is 5.75. The number of hydrogen-bond donors (Lipinski definition) is 2. The zero-order chi connectivity index (χ0) is 12.8. The molecule has 1 aliphatic carbocycles. The summed E-state index contributed by atoms with van der Waals surface area (Å²) in [6.07, 6.45) is 5.15. The predicted molar refractivity (Wildman–Crippen MR) is 67.8 cm³/mol. The summed E-state index contributed by atoms with van der Waals surface area (Å²) in [6, 6.07) is 1.67. The second-order valence-corrected chi connectivity index (χ2v) is 4.66. The quantitative estimate of drug-likeness (QED) is 0.656. The van der Waals surface area contributed by atoms with E-state index in [9.17, 15) is 4.79 Å². The van der Waals surface area contributed by atoms with Gasteiger partial charge in [0.2, 0.25) is 5.91 Å². The summed E-state index contributed by atoms with van der Waals surface area (Å²) in [7, 11) is 0. The number of carbonyl (C=O) groups is 1. The molecule has 1 aromatic heterocycles. The molecular formula is C12H20N4O2. The Hall–Kier alpha value is -1.56. The Kier molecular flexibility index (Phi) is 4.58. The average molecular weight is 252 g/mol. The van der Waals surface area contributed by atoms with E-state index in [2.05, 4.69) is 10.4 Å². The van der Waals surface area contributed by atoms with Crippen molar-refractivity contribution in [1.82, 2.24) is 15.1 Å². The Balaban J connectivity index is 1.48. The summed E-state index contributed by atoms with van der Waals surface area (Å²) in [4.78, 5) is 11.5. The molecule has 0 atom stereocenters. The maximum Gasteiger partial charge on any atom is 0.241 e. The van der Waals surface area contributed by atoms with Crippen LogP contribution >= 0.6 is 0 Å². The van der Waals surface area contributed by atoms with Crippen LogP contribution in [-0.4, -0.2) is 35.4 Å². The molecule has 1 amide bonds. The van der Waals surface area contributed by atoms with Gasteiger partial charge in [-0.1, -0.05) is 0 Å². The van der Waals surface area contributed by atoms with E-state index < -0.39 is 0 Å². The van der Waals surface area contributed by atoms with Crippen LogP contribution < -0.4 is 11.1 Å². The van der Waals surface area contributed by atoms with E-state index in [-0.39, 0.29) is 12.5 Å². The van der Waals surface area contributed by atoms with Gasteiger partial charge in [0.1, 0.15) is 12.4 Å². The molecule has 0 radical (unpaired) electrons. The third-order valence-corrected chi connectivity index (χ3v) is 2.80. The molecule has 0 bridgehead atoms. The first-order valence-corrected chi connectivity index (χ1v) is 6.37. The fourth-order valence-electron chi connectivity index (χ4n) is 1.61. The van der Waals surface area contributed by atoms with E-state index in [0.29, 0.717) is 19.0 Å². The molecule has 18 heavy (non-hydrogen) atoms. The third kappa shape index (κ3) is 4.75. The van der Waals surface area contributed by atoms with Crippen LogP contribution in [0.2, 0.25) is 0 Å². The Morgan fingerprint density at radius 3 is 3.11 bits per heavy atom. The number of carbonyl (C=O) groups excluding carboxylic acids is 1. The van der Waals surface area contributed by atoms with Gasteiger partial charge in [-0.05, 0) is 31.2 Å². The molecule has 100 valence electrons. The second-order valence-electron chi connectivity index (χ2n) is 4.66. The molecule has 0 saturated heterocycles. The number of nitrogens with zero attached hydrogens (tertiary/aromatic N) is 2. The SMILES string of the molecule is Nc1ccn(CC(=O)NCCCOCC2CC2)n1. The van der Waals surface area contributed by atoms with Gasteiger partial charge in [0.25, 0.3) is 0 Å². The lowest BCUT2D eigenvalue weighted by Gasteiger charge is -2.06. The lowest BCUT2D eigenvalue weighted by Crippen LogP contribution is -2.29. The van der Waals surface area contributed by atoms with Crippen molar-refractivity contribution in [2.75, 3.05) is 25.5 Å². The first kappa shape index (κ1) is 12.9. The Labute approximate surface area is 106 Å². The molecule has 0 spiro atoms. The minimum Gasteiger partial charge on any atom is -0.382 e. The smallest absolute Gasteiger partial charge is 0.241 e. The van der Waals surface area contributed by atoms with Gasteiger partial charge < -0.3 is 15.8 Å². The van der Waals surface area contributed by atoms with E-state index in [4.69, 9.17) is 10.5 Å². The van der Waals surface area contributed by atoms with Crippen molar-refractivity contribution < 1.29 is 9.53 Å². The van der Waals surface area contributed by atoms with Crippen molar-refractivity contribution in [2.45, 2.75) is 25.8 Å². The van der Waals surface area contributed by atoms with Crippen LogP contribution in [0.1, 0.15) is 19.3 Å². The van der Waals surface area contributed by atoms with Gasteiger partial charge in [-0.15, -0.1) is 0 Å². The number of rotatable bonds is 8. The molecular weight excluding hydrogens is 232 g/mol. The summed E-state index contributed by atoms with van der Waals surface area (Å²) >= 11 is 0. The van der Waals surface area contributed by atoms with Crippen LogP contribution in [0.15, 0.2) is 12.3 Å².